The molecule has 7 heteroatoms. The zero-order valence-corrected chi connectivity index (χ0v) is 15.7. The molecule has 5 nitrogen and oxygen atoms in total. The molecule has 0 saturated heterocycles. The summed E-state index contributed by atoms with van der Waals surface area (Å²) in [6.07, 6.45) is 0. The lowest BCUT2D eigenvalue weighted by atomic mass is 10.0. The second-order valence-corrected chi connectivity index (χ2v) is 5.91. The van der Waals surface area contributed by atoms with Crippen LogP contribution in [0.5, 0.6) is 17.2 Å². The van der Waals surface area contributed by atoms with E-state index in [4.69, 9.17) is 9.47 Å². The first-order valence-electron chi connectivity index (χ1n) is 8.52. The smallest absolute Gasteiger partial charge is 0.387 e. The fourth-order valence-corrected chi connectivity index (χ4v) is 2.66. The van der Waals surface area contributed by atoms with Gasteiger partial charge < -0.3 is 19.5 Å². The second kappa shape index (κ2) is 9.21. The van der Waals surface area contributed by atoms with Gasteiger partial charge in [0.15, 0.2) is 11.5 Å². The summed E-state index contributed by atoms with van der Waals surface area (Å²) in [6, 6.07) is 9.48. The van der Waals surface area contributed by atoms with Gasteiger partial charge in [0.05, 0.1) is 19.8 Å². The minimum absolute atomic E-state index is 0.0891. The van der Waals surface area contributed by atoms with Gasteiger partial charge in [-0.25, -0.2) is 0 Å². The molecule has 2 aromatic carbocycles. The van der Waals surface area contributed by atoms with Crippen molar-refractivity contribution in [2.45, 2.75) is 33.4 Å². The summed E-state index contributed by atoms with van der Waals surface area (Å²) >= 11 is 0. The predicted octanol–water partition coefficient (Wildman–Crippen LogP) is 4.49. The van der Waals surface area contributed by atoms with Gasteiger partial charge in [0, 0.05) is 11.1 Å². The lowest BCUT2D eigenvalue weighted by Gasteiger charge is -2.18. The number of benzene rings is 2. The van der Waals surface area contributed by atoms with E-state index in [0.29, 0.717) is 5.75 Å². The van der Waals surface area contributed by atoms with Crippen LogP contribution in [-0.4, -0.2) is 26.2 Å². The van der Waals surface area contributed by atoms with Gasteiger partial charge in [-0.15, -0.1) is 0 Å². The van der Waals surface area contributed by atoms with E-state index in [1.807, 2.05) is 32.0 Å². The summed E-state index contributed by atoms with van der Waals surface area (Å²) in [5, 5.41) is 2.88. The van der Waals surface area contributed by atoms with Crippen molar-refractivity contribution in [3.8, 4) is 17.2 Å². The van der Waals surface area contributed by atoms with E-state index in [-0.39, 0.29) is 35.6 Å². The SMILES string of the molecule is CCOc1cc(C(=O)N[C@H](C)c2cc(C)ccc2OC)ccc1OC(F)F. The second-order valence-electron chi connectivity index (χ2n) is 5.91. The maximum absolute atomic E-state index is 12.6. The lowest BCUT2D eigenvalue weighted by molar-refractivity contribution is -0.0514. The number of hydrogen-bond acceptors (Lipinski definition) is 4. The zero-order chi connectivity index (χ0) is 20.0. The number of nitrogens with one attached hydrogen (secondary N) is 1. The Balaban J connectivity index is 2.22. The number of rotatable bonds is 8. The standard InChI is InChI=1S/C20H23F2NO4/c1-5-26-18-11-14(7-9-17(18)27-20(21)22)19(24)23-13(3)15-10-12(2)6-8-16(15)25-4/h6-11,13,20H,5H2,1-4H3,(H,23,24)/t13-/m1/s1. The fourth-order valence-electron chi connectivity index (χ4n) is 2.66. The zero-order valence-electron chi connectivity index (χ0n) is 15.7. The van der Waals surface area contributed by atoms with Crippen molar-refractivity contribution in [2.75, 3.05) is 13.7 Å². The molecule has 1 amide bonds. The molecule has 0 fully saturated rings. The molecule has 0 bridgehead atoms. The Labute approximate surface area is 157 Å². The van der Waals surface area contributed by atoms with Crippen molar-refractivity contribution in [3.63, 3.8) is 0 Å². The normalized spacial score (nSPS) is 11.8. The first kappa shape index (κ1) is 20.5. The Kier molecular flexibility index (Phi) is 6.98. The molecule has 2 rings (SSSR count). The third-order valence-electron chi connectivity index (χ3n) is 3.92. The van der Waals surface area contributed by atoms with Gasteiger partial charge in [-0.2, -0.15) is 8.78 Å². The van der Waals surface area contributed by atoms with Gasteiger partial charge >= 0.3 is 6.61 Å². The third-order valence-corrected chi connectivity index (χ3v) is 3.92. The monoisotopic (exact) mass is 379 g/mol. The van der Waals surface area contributed by atoms with E-state index >= 15 is 0 Å². The van der Waals surface area contributed by atoms with E-state index in [2.05, 4.69) is 10.1 Å². The summed E-state index contributed by atoms with van der Waals surface area (Å²) in [5.74, 6) is 0.280. The van der Waals surface area contributed by atoms with Crippen LogP contribution in [0.25, 0.3) is 0 Å². The first-order valence-corrected chi connectivity index (χ1v) is 8.52. The molecule has 0 radical (unpaired) electrons. The maximum atomic E-state index is 12.6. The van der Waals surface area contributed by atoms with Crippen molar-refractivity contribution in [1.29, 1.82) is 0 Å². The average molecular weight is 379 g/mol. The molecule has 0 spiro atoms. The van der Waals surface area contributed by atoms with Crippen molar-refractivity contribution in [3.05, 3.63) is 53.1 Å². The number of aryl methyl sites for hydroxylation is 1. The molecule has 0 unspecified atom stereocenters. The van der Waals surface area contributed by atoms with Crippen molar-refractivity contribution < 1.29 is 27.8 Å². The highest BCUT2D eigenvalue weighted by atomic mass is 19.3. The van der Waals surface area contributed by atoms with Crippen LogP contribution in [-0.2, 0) is 0 Å². The molecule has 0 heterocycles. The maximum Gasteiger partial charge on any atom is 0.387 e. The van der Waals surface area contributed by atoms with Gasteiger partial charge in [-0.05, 0) is 45.0 Å². The van der Waals surface area contributed by atoms with E-state index < -0.39 is 6.61 Å². The van der Waals surface area contributed by atoms with E-state index in [9.17, 15) is 13.6 Å². The number of hydrogen-bond donors (Lipinski definition) is 1. The Morgan fingerprint density at radius 3 is 2.44 bits per heavy atom. The number of carbonyl (C=O) groups excluding carboxylic acids is 1. The van der Waals surface area contributed by atoms with E-state index in [1.54, 1.807) is 14.0 Å². The number of amides is 1. The van der Waals surface area contributed by atoms with Crippen LogP contribution < -0.4 is 19.5 Å². The summed E-state index contributed by atoms with van der Waals surface area (Å²) < 4.78 is 40.1. The summed E-state index contributed by atoms with van der Waals surface area (Å²) in [7, 11) is 1.57. The minimum Gasteiger partial charge on any atom is -0.496 e. The van der Waals surface area contributed by atoms with E-state index in [1.165, 1.54) is 18.2 Å². The van der Waals surface area contributed by atoms with Crippen LogP contribution in [0.15, 0.2) is 36.4 Å². The van der Waals surface area contributed by atoms with Crippen LogP contribution in [0.4, 0.5) is 8.78 Å². The van der Waals surface area contributed by atoms with Gasteiger partial charge in [-0.1, -0.05) is 17.7 Å². The predicted molar refractivity (Wildman–Crippen MR) is 97.9 cm³/mol. The highest BCUT2D eigenvalue weighted by Gasteiger charge is 2.18. The summed E-state index contributed by atoms with van der Waals surface area (Å²) in [6.45, 7) is 2.78. The van der Waals surface area contributed by atoms with Gasteiger partial charge in [0.1, 0.15) is 5.75 Å². The number of methoxy groups -OCH3 is 1. The quantitative estimate of drug-likeness (QED) is 0.734. The Bertz CT molecular complexity index is 796. The topological polar surface area (TPSA) is 56.8 Å². The highest BCUT2D eigenvalue weighted by Crippen LogP contribution is 2.31. The lowest BCUT2D eigenvalue weighted by Crippen LogP contribution is -2.27. The fraction of sp³-hybridized carbons (Fsp3) is 0.350. The number of ether oxygens (including phenoxy) is 3. The molecule has 27 heavy (non-hydrogen) atoms. The largest absolute Gasteiger partial charge is 0.496 e. The summed E-state index contributed by atoms with van der Waals surface area (Å²) in [4.78, 5) is 12.6. The van der Waals surface area contributed by atoms with Gasteiger partial charge in [0.25, 0.3) is 5.91 Å². The average Bonchev–Trinajstić information content (AvgIpc) is 2.62. The molecule has 146 valence electrons. The van der Waals surface area contributed by atoms with Gasteiger partial charge in [0.2, 0.25) is 0 Å². The Morgan fingerprint density at radius 2 is 1.81 bits per heavy atom. The molecule has 0 aliphatic rings. The number of alkyl halides is 2. The van der Waals surface area contributed by atoms with Crippen molar-refractivity contribution in [1.82, 2.24) is 5.32 Å². The summed E-state index contributed by atoms with van der Waals surface area (Å²) in [5.41, 5.74) is 2.16. The van der Waals surface area contributed by atoms with Gasteiger partial charge in [-0.3, -0.25) is 4.79 Å². The van der Waals surface area contributed by atoms with Crippen LogP contribution in [0, 0.1) is 6.92 Å². The molecule has 0 aliphatic carbocycles. The van der Waals surface area contributed by atoms with Crippen LogP contribution in [0.1, 0.15) is 41.4 Å². The Morgan fingerprint density at radius 1 is 1.11 bits per heavy atom. The van der Waals surface area contributed by atoms with Crippen molar-refractivity contribution in [2.24, 2.45) is 0 Å². The third kappa shape index (κ3) is 5.32. The van der Waals surface area contributed by atoms with Crippen LogP contribution >= 0.6 is 0 Å². The molecule has 0 aliphatic heterocycles. The molecular formula is C20H23F2NO4. The van der Waals surface area contributed by atoms with E-state index in [0.717, 1.165) is 11.1 Å². The van der Waals surface area contributed by atoms with Crippen LogP contribution in [0.2, 0.25) is 0 Å². The number of halogens is 2. The molecule has 0 aromatic heterocycles. The molecular weight excluding hydrogens is 356 g/mol. The molecule has 1 N–H and O–H groups in total. The van der Waals surface area contributed by atoms with Crippen molar-refractivity contribution >= 4 is 5.91 Å². The first-order chi connectivity index (χ1) is 12.8. The molecule has 2 aromatic rings. The number of carbonyl (C=O) groups is 1. The Hall–Kier alpha value is -2.83. The highest BCUT2D eigenvalue weighted by molar-refractivity contribution is 5.95. The molecule has 0 saturated carbocycles. The van der Waals surface area contributed by atoms with Crippen LogP contribution in [0.3, 0.4) is 0 Å². The molecule has 1 atom stereocenters. The minimum atomic E-state index is -2.97.